The van der Waals surface area contributed by atoms with Gasteiger partial charge in [-0.05, 0) is 0 Å². The van der Waals surface area contributed by atoms with E-state index in [0.717, 1.165) is 0 Å². The molecule has 0 spiro atoms. The summed E-state index contributed by atoms with van der Waals surface area (Å²) in [6.45, 7) is -0.811. The van der Waals surface area contributed by atoms with Crippen molar-refractivity contribution in [3.8, 4) is 0 Å². The van der Waals surface area contributed by atoms with E-state index in [1.54, 1.807) is 54.6 Å². The summed E-state index contributed by atoms with van der Waals surface area (Å²) in [4.78, 5) is 67.3. The van der Waals surface area contributed by atoms with Gasteiger partial charge >= 0.3 is 17.9 Å². The standard InChI is InChI=1S/C17H12O6.C8H6O3.Y/c18-14(12-7-3-1-4-8-12)16(20)22-11-23-17(21)15(19)13-9-5-2-6-10-13;9-7(8(10)11)6-4-2-1-3-5-6;/h1-10H,11H2;1-5H,(H,10,11);. The number of carboxylic acids is 1. The van der Waals surface area contributed by atoms with Crippen LogP contribution in [-0.4, -0.2) is 47.2 Å². The van der Waals surface area contributed by atoms with Gasteiger partial charge < -0.3 is 14.6 Å². The van der Waals surface area contributed by atoms with Crippen LogP contribution in [0.25, 0.3) is 0 Å². The molecule has 10 heteroatoms. The number of esters is 2. The zero-order valence-electron chi connectivity index (χ0n) is 18.2. The number of carbonyl (C=O) groups is 6. The molecule has 0 aliphatic rings. The maximum absolute atomic E-state index is 11.7. The maximum Gasteiger partial charge on any atom is 0.382 e. The van der Waals surface area contributed by atoms with Gasteiger partial charge in [0.15, 0.2) is 0 Å². The topological polar surface area (TPSA) is 141 Å². The second-order valence-corrected chi connectivity index (χ2v) is 6.37. The molecule has 0 heterocycles. The van der Waals surface area contributed by atoms with Crippen LogP contribution < -0.4 is 0 Å². The minimum atomic E-state index is -1.42. The summed E-state index contributed by atoms with van der Waals surface area (Å²) >= 11 is 0. The number of hydrogen-bond donors (Lipinski definition) is 1. The average Bonchev–Trinajstić information content (AvgIpc) is 2.89. The average molecular weight is 551 g/mol. The van der Waals surface area contributed by atoms with Crippen molar-refractivity contribution in [3.05, 3.63) is 108 Å². The van der Waals surface area contributed by atoms with Crippen molar-refractivity contribution in [1.82, 2.24) is 0 Å². The van der Waals surface area contributed by atoms with E-state index in [-0.39, 0.29) is 49.4 Å². The number of carboxylic acid groups (broad SMARTS) is 1. The molecular weight excluding hydrogens is 533 g/mol. The number of ether oxygens (including phenoxy) is 2. The number of carbonyl (C=O) groups excluding carboxylic acids is 5. The van der Waals surface area contributed by atoms with Crippen LogP contribution in [0.5, 0.6) is 0 Å². The van der Waals surface area contributed by atoms with E-state index in [4.69, 9.17) is 5.11 Å². The van der Waals surface area contributed by atoms with E-state index >= 15 is 0 Å². The first-order valence-corrected chi connectivity index (χ1v) is 9.67. The van der Waals surface area contributed by atoms with Crippen LogP contribution in [0.2, 0.25) is 0 Å². The van der Waals surface area contributed by atoms with Gasteiger partial charge in [-0.1, -0.05) is 91.0 Å². The van der Waals surface area contributed by atoms with E-state index in [1.807, 2.05) is 0 Å². The molecule has 35 heavy (non-hydrogen) atoms. The molecular formula is C25H18O9Y. The van der Waals surface area contributed by atoms with Gasteiger partial charge in [0.05, 0.1) is 0 Å². The van der Waals surface area contributed by atoms with Crippen molar-refractivity contribution >= 4 is 35.3 Å². The SMILES string of the molecule is O=C(O)C(=O)c1ccccc1.O=C(OCOC(=O)C(=O)c1ccccc1)C(=O)c1ccccc1.[Y]. The fraction of sp³-hybridized carbons (Fsp3) is 0.0400. The largest absolute Gasteiger partial charge is 0.475 e. The molecule has 0 amide bonds. The predicted octanol–water partition coefficient (Wildman–Crippen LogP) is 2.75. The van der Waals surface area contributed by atoms with E-state index in [0.29, 0.717) is 0 Å². The van der Waals surface area contributed by atoms with Crippen LogP contribution in [0.4, 0.5) is 0 Å². The van der Waals surface area contributed by atoms with Crippen molar-refractivity contribution < 1.29 is 76.1 Å². The third-order valence-electron chi connectivity index (χ3n) is 4.05. The Morgan fingerprint density at radius 3 is 1.09 bits per heavy atom. The molecule has 0 aromatic heterocycles. The number of hydrogen-bond acceptors (Lipinski definition) is 8. The van der Waals surface area contributed by atoms with Gasteiger partial charge in [0.25, 0.3) is 17.3 Å². The van der Waals surface area contributed by atoms with Crippen molar-refractivity contribution in [2.75, 3.05) is 6.79 Å². The Kier molecular flexibility index (Phi) is 12.7. The van der Waals surface area contributed by atoms with Crippen molar-refractivity contribution in [3.63, 3.8) is 0 Å². The van der Waals surface area contributed by atoms with Crippen molar-refractivity contribution in [2.45, 2.75) is 0 Å². The normalized spacial score (nSPS) is 9.26. The van der Waals surface area contributed by atoms with E-state index in [9.17, 15) is 28.8 Å². The molecule has 175 valence electrons. The first kappa shape index (κ1) is 29.2. The first-order valence-electron chi connectivity index (χ1n) is 9.67. The van der Waals surface area contributed by atoms with Crippen molar-refractivity contribution in [1.29, 1.82) is 0 Å². The summed E-state index contributed by atoms with van der Waals surface area (Å²) in [6, 6.07) is 23.5. The Hall–Kier alpha value is -3.82. The number of ketones is 3. The van der Waals surface area contributed by atoms with Gasteiger partial charge in [-0.2, -0.15) is 0 Å². The summed E-state index contributed by atoms with van der Waals surface area (Å²) in [5, 5.41) is 8.29. The quantitative estimate of drug-likeness (QED) is 0.194. The fourth-order valence-electron chi connectivity index (χ4n) is 2.40. The van der Waals surface area contributed by atoms with E-state index in [1.165, 1.54) is 36.4 Å². The second-order valence-electron chi connectivity index (χ2n) is 6.37. The van der Waals surface area contributed by atoms with Gasteiger partial charge in [0.2, 0.25) is 6.79 Å². The summed E-state index contributed by atoms with van der Waals surface area (Å²) in [7, 11) is 0. The molecule has 9 nitrogen and oxygen atoms in total. The molecule has 3 aromatic rings. The number of benzene rings is 3. The maximum atomic E-state index is 11.7. The van der Waals surface area contributed by atoms with Gasteiger partial charge in [-0.3, -0.25) is 14.4 Å². The summed E-state index contributed by atoms with van der Waals surface area (Å²) in [5.74, 6) is -6.36. The van der Waals surface area contributed by atoms with E-state index < -0.39 is 42.1 Å². The fourth-order valence-corrected chi connectivity index (χ4v) is 2.40. The van der Waals surface area contributed by atoms with Gasteiger partial charge in [-0.15, -0.1) is 0 Å². The number of Topliss-reactive ketones (excluding diaryl/α,β-unsaturated/α-hetero) is 3. The Bertz CT molecular complexity index is 1110. The first-order chi connectivity index (χ1) is 16.3. The van der Waals surface area contributed by atoms with Gasteiger partial charge in [-0.25, -0.2) is 14.4 Å². The molecule has 0 atom stereocenters. The Labute approximate surface area is 224 Å². The molecule has 0 aliphatic heterocycles. The molecule has 0 fully saturated rings. The Morgan fingerprint density at radius 2 is 0.800 bits per heavy atom. The van der Waals surface area contributed by atoms with Crippen LogP contribution in [-0.2, 0) is 56.6 Å². The molecule has 0 unspecified atom stereocenters. The molecule has 0 aliphatic carbocycles. The minimum Gasteiger partial charge on any atom is -0.475 e. The Balaban J connectivity index is 0.000000430. The van der Waals surface area contributed by atoms with Gasteiger partial charge in [0, 0.05) is 49.4 Å². The summed E-state index contributed by atoms with van der Waals surface area (Å²) in [6.07, 6.45) is 0. The summed E-state index contributed by atoms with van der Waals surface area (Å²) in [5.41, 5.74) is 0.522. The van der Waals surface area contributed by atoms with Crippen LogP contribution in [0.3, 0.4) is 0 Å². The molecule has 1 radical (unpaired) electrons. The monoisotopic (exact) mass is 551 g/mol. The minimum absolute atomic E-state index is 0. The van der Waals surface area contributed by atoms with Crippen LogP contribution in [0, 0.1) is 0 Å². The van der Waals surface area contributed by atoms with Crippen LogP contribution in [0.15, 0.2) is 91.0 Å². The molecule has 1 N–H and O–H groups in total. The Morgan fingerprint density at radius 1 is 0.514 bits per heavy atom. The molecule has 0 saturated carbocycles. The zero-order valence-corrected chi connectivity index (χ0v) is 21.0. The van der Waals surface area contributed by atoms with Crippen LogP contribution in [0.1, 0.15) is 31.1 Å². The predicted molar refractivity (Wildman–Crippen MR) is 117 cm³/mol. The van der Waals surface area contributed by atoms with Crippen molar-refractivity contribution in [2.24, 2.45) is 0 Å². The molecule has 0 bridgehead atoms. The molecule has 0 saturated heterocycles. The molecule has 3 rings (SSSR count). The third kappa shape index (κ3) is 9.52. The smallest absolute Gasteiger partial charge is 0.382 e. The third-order valence-corrected chi connectivity index (χ3v) is 4.05. The van der Waals surface area contributed by atoms with Gasteiger partial charge in [0.1, 0.15) is 0 Å². The second kappa shape index (κ2) is 15.2. The number of rotatable bonds is 8. The molecule has 3 aromatic carbocycles. The zero-order chi connectivity index (χ0) is 24.9. The number of aliphatic carboxylic acids is 1. The van der Waals surface area contributed by atoms with E-state index in [2.05, 4.69) is 9.47 Å². The summed E-state index contributed by atoms with van der Waals surface area (Å²) < 4.78 is 9.06. The van der Waals surface area contributed by atoms with Crippen LogP contribution >= 0.6 is 0 Å².